The molecule has 0 spiro atoms. The molecule has 0 aliphatic heterocycles. The largest absolute Gasteiger partial charge is 0.329 e. The quantitative estimate of drug-likeness (QED) is 0.885. The Morgan fingerprint density at radius 2 is 2.05 bits per heavy atom. The molecular weight excluding hydrogens is 262 g/mol. The maximum atomic E-state index is 12.7. The molecule has 0 aromatic carbocycles. The van der Waals surface area contributed by atoms with Gasteiger partial charge < -0.3 is 5.73 Å². The van der Waals surface area contributed by atoms with E-state index in [0.717, 1.165) is 25.7 Å². The van der Waals surface area contributed by atoms with E-state index in [1.807, 2.05) is 0 Å². The summed E-state index contributed by atoms with van der Waals surface area (Å²) in [6.45, 7) is 0.720. The lowest BCUT2D eigenvalue weighted by atomic mass is 9.95. The maximum absolute atomic E-state index is 12.7. The summed E-state index contributed by atoms with van der Waals surface area (Å²) in [5.41, 5.74) is 5.59. The average molecular weight is 283 g/mol. The van der Waals surface area contributed by atoms with E-state index in [1.165, 1.54) is 12.6 Å². The Labute approximate surface area is 114 Å². The summed E-state index contributed by atoms with van der Waals surface area (Å²) >= 11 is 0. The summed E-state index contributed by atoms with van der Waals surface area (Å²) < 4.78 is 26.9. The fraction of sp³-hybridized carbons (Fsp3) is 0.615. The number of pyridine rings is 1. The molecule has 5 nitrogen and oxygen atoms in total. The molecule has 2 rings (SSSR count). The summed E-state index contributed by atoms with van der Waals surface area (Å²) in [6.07, 6.45) is 8.22. The van der Waals surface area contributed by atoms with Gasteiger partial charge in [-0.15, -0.1) is 0 Å². The van der Waals surface area contributed by atoms with Crippen LogP contribution in [0.5, 0.6) is 0 Å². The first kappa shape index (κ1) is 14.4. The van der Waals surface area contributed by atoms with Gasteiger partial charge in [0.15, 0.2) is 0 Å². The van der Waals surface area contributed by atoms with Crippen LogP contribution >= 0.6 is 0 Å². The van der Waals surface area contributed by atoms with Crippen LogP contribution in [-0.2, 0) is 10.0 Å². The molecule has 1 saturated carbocycles. The van der Waals surface area contributed by atoms with Gasteiger partial charge in [-0.2, -0.15) is 4.31 Å². The predicted molar refractivity (Wildman–Crippen MR) is 74.1 cm³/mol. The van der Waals surface area contributed by atoms with Gasteiger partial charge in [-0.05, 0) is 25.0 Å². The van der Waals surface area contributed by atoms with Crippen LogP contribution in [0.1, 0.15) is 32.1 Å². The van der Waals surface area contributed by atoms with E-state index in [9.17, 15) is 8.42 Å². The van der Waals surface area contributed by atoms with Gasteiger partial charge in [0, 0.05) is 31.5 Å². The molecule has 1 heterocycles. The highest BCUT2D eigenvalue weighted by molar-refractivity contribution is 7.89. The van der Waals surface area contributed by atoms with E-state index in [4.69, 9.17) is 5.73 Å². The van der Waals surface area contributed by atoms with Crippen LogP contribution in [0.15, 0.2) is 29.4 Å². The van der Waals surface area contributed by atoms with Crippen LogP contribution < -0.4 is 5.73 Å². The molecule has 19 heavy (non-hydrogen) atoms. The number of hydrogen-bond acceptors (Lipinski definition) is 4. The number of nitrogens with zero attached hydrogens (tertiary/aromatic N) is 2. The smallest absolute Gasteiger partial charge is 0.244 e. The molecule has 0 bridgehead atoms. The second-order valence-electron chi connectivity index (χ2n) is 4.88. The van der Waals surface area contributed by atoms with Crippen molar-refractivity contribution in [3.8, 4) is 0 Å². The third-order valence-corrected chi connectivity index (χ3v) is 5.51. The van der Waals surface area contributed by atoms with Crippen molar-refractivity contribution in [1.29, 1.82) is 0 Å². The van der Waals surface area contributed by atoms with Gasteiger partial charge >= 0.3 is 0 Å². The van der Waals surface area contributed by atoms with Crippen molar-refractivity contribution in [2.24, 2.45) is 5.73 Å². The zero-order valence-corrected chi connectivity index (χ0v) is 11.8. The lowest BCUT2D eigenvalue weighted by Gasteiger charge is -2.33. The molecule has 106 valence electrons. The molecule has 0 amide bonds. The maximum Gasteiger partial charge on any atom is 0.244 e. The van der Waals surface area contributed by atoms with Crippen molar-refractivity contribution in [2.45, 2.75) is 43.0 Å². The Hall–Kier alpha value is -0.980. The lowest BCUT2D eigenvalue weighted by molar-refractivity contribution is 0.257. The first-order valence-electron chi connectivity index (χ1n) is 6.78. The number of hydrogen-bond donors (Lipinski definition) is 1. The van der Waals surface area contributed by atoms with E-state index in [-0.39, 0.29) is 10.9 Å². The molecular formula is C13H21N3O2S. The zero-order chi connectivity index (χ0) is 13.7. The van der Waals surface area contributed by atoms with E-state index >= 15 is 0 Å². The molecule has 1 aliphatic rings. The first-order valence-corrected chi connectivity index (χ1v) is 8.22. The molecule has 6 heteroatoms. The zero-order valence-electron chi connectivity index (χ0n) is 11.0. The van der Waals surface area contributed by atoms with Gasteiger partial charge in [-0.25, -0.2) is 8.42 Å². The summed E-state index contributed by atoms with van der Waals surface area (Å²) in [5, 5.41) is 0. The lowest BCUT2D eigenvalue weighted by Crippen LogP contribution is -2.44. The normalized spacial score (nSPS) is 17.8. The van der Waals surface area contributed by atoms with E-state index in [2.05, 4.69) is 4.98 Å². The Morgan fingerprint density at radius 3 is 2.63 bits per heavy atom. The molecule has 0 unspecified atom stereocenters. The number of rotatable bonds is 5. The number of nitrogens with two attached hydrogens (primary N) is 1. The Kier molecular flexibility index (Phi) is 4.90. The van der Waals surface area contributed by atoms with Gasteiger partial charge in [0.25, 0.3) is 0 Å². The van der Waals surface area contributed by atoms with Gasteiger partial charge in [-0.1, -0.05) is 19.3 Å². The summed E-state index contributed by atoms with van der Waals surface area (Å²) in [5.74, 6) is 0. The Balaban J connectivity index is 2.27. The Morgan fingerprint density at radius 1 is 1.32 bits per heavy atom. The van der Waals surface area contributed by atoms with E-state index < -0.39 is 10.0 Å². The second kappa shape index (κ2) is 6.45. The Bertz CT molecular complexity index is 484. The highest BCUT2D eigenvalue weighted by Gasteiger charge is 2.31. The molecule has 2 N–H and O–H groups in total. The molecule has 1 aromatic rings. The van der Waals surface area contributed by atoms with Crippen molar-refractivity contribution < 1.29 is 8.42 Å². The van der Waals surface area contributed by atoms with Crippen LogP contribution in [0.25, 0.3) is 0 Å². The molecule has 1 aliphatic carbocycles. The second-order valence-corrected chi connectivity index (χ2v) is 6.78. The van der Waals surface area contributed by atoms with Crippen LogP contribution in [0.2, 0.25) is 0 Å². The summed E-state index contributed by atoms with van der Waals surface area (Å²) in [6, 6.07) is 3.32. The summed E-state index contributed by atoms with van der Waals surface area (Å²) in [4.78, 5) is 4.16. The van der Waals surface area contributed by atoms with Crippen molar-refractivity contribution in [2.75, 3.05) is 13.1 Å². The van der Waals surface area contributed by atoms with Crippen LogP contribution in [0, 0.1) is 0 Å². The van der Waals surface area contributed by atoms with Crippen LogP contribution in [0.4, 0.5) is 0 Å². The molecule has 1 aromatic heterocycles. The average Bonchev–Trinajstić information content (AvgIpc) is 2.46. The molecule has 1 fully saturated rings. The first-order chi connectivity index (χ1) is 9.16. The van der Waals surface area contributed by atoms with Gasteiger partial charge in [0.2, 0.25) is 10.0 Å². The SMILES string of the molecule is NCCN(C1CCCCC1)S(=O)(=O)c1cccnc1. The van der Waals surface area contributed by atoms with Crippen LogP contribution in [-0.4, -0.2) is 36.8 Å². The van der Waals surface area contributed by atoms with Crippen molar-refractivity contribution >= 4 is 10.0 Å². The monoisotopic (exact) mass is 283 g/mol. The number of sulfonamides is 1. The van der Waals surface area contributed by atoms with Crippen molar-refractivity contribution in [1.82, 2.24) is 9.29 Å². The van der Waals surface area contributed by atoms with Gasteiger partial charge in [-0.3, -0.25) is 4.98 Å². The van der Waals surface area contributed by atoms with Crippen LogP contribution in [0.3, 0.4) is 0 Å². The highest BCUT2D eigenvalue weighted by Crippen LogP contribution is 2.27. The molecule has 0 atom stereocenters. The highest BCUT2D eigenvalue weighted by atomic mass is 32.2. The van der Waals surface area contributed by atoms with E-state index in [0.29, 0.717) is 13.1 Å². The van der Waals surface area contributed by atoms with Gasteiger partial charge in [0.05, 0.1) is 0 Å². The minimum Gasteiger partial charge on any atom is -0.329 e. The van der Waals surface area contributed by atoms with Crippen molar-refractivity contribution in [3.05, 3.63) is 24.5 Å². The standard InChI is InChI=1S/C13H21N3O2S/c14-8-10-16(12-5-2-1-3-6-12)19(17,18)13-7-4-9-15-11-13/h4,7,9,11-12H,1-3,5-6,8,10,14H2. The predicted octanol–water partition coefficient (Wildman–Crippen LogP) is 1.36. The molecule has 0 saturated heterocycles. The van der Waals surface area contributed by atoms with Gasteiger partial charge in [0.1, 0.15) is 4.90 Å². The third kappa shape index (κ3) is 3.32. The fourth-order valence-corrected chi connectivity index (χ4v) is 4.29. The minimum atomic E-state index is -3.47. The summed E-state index contributed by atoms with van der Waals surface area (Å²) in [7, 11) is -3.47. The van der Waals surface area contributed by atoms with E-state index in [1.54, 1.807) is 22.6 Å². The fourth-order valence-electron chi connectivity index (χ4n) is 2.63. The topological polar surface area (TPSA) is 76.3 Å². The number of aromatic nitrogens is 1. The minimum absolute atomic E-state index is 0.0857. The third-order valence-electron chi connectivity index (χ3n) is 3.57. The van der Waals surface area contributed by atoms with Crippen molar-refractivity contribution in [3.63, 3.8) is 0 Å². The molecule has 0 radical (unpaired) electrons.